The minimum Gasteiger partial charge on any atom is -0.319 e. The van der Waals surface area contributed by atoms with Gasteiger partial charge in [-0.1, -0.05) is 35.9 Å². The number of thioether (sulfide) groups is 1. The fourth-order valence-corrected chi connectivity index (χ4v) is 4.93. The minimum atomic E-state index is -0.894. The van der Waals surface area contributed by atoms with E-state index in [4.69, 9.17) is 11.6 Å². The first-order valence-electron chi connectivity index (χ1n) is 9.21. The van der Waals surface area contributed by atoms with Crippen LogP contribution < -0.4 is 5.32 Å². The van der Waals surface area contributed by atoms with Gasteiger partial charge in [0.1, 0.15) is 5.54 Å². The Morgan fingerprint density at radius 1 is 1.07 bits per heavy atom. The second kappa shape index (κ2) is 7.56. The summed E-state index contributed by atoms with van der Waals surface area (Å²) in [5.41, 5.74) is 1.24. The SMILES string of the molecule is O=C1N[C@]2(CCCCc3ccccc32)C(=O)N1CCSc1ccc(Cl)cc1. The zero-order valence-corrected chi connectivity index (χ0v) is 16.5. The van der Waals surface area contributed by atoms with Crippen LogP contribution in [0.15, 0.2) is 53.4 Å². The van der Waals surface area contributed by atoms with Crippen molar-refractivity contribution in [2.75, 3.05) is 12.3 Å². The quantitative estimate of drug-likeness (QED) is 0.602. The second-order valence-electron chi connectivity index (χ2n) is 6.96. The molecule has 1 N–H and O–H groups in total. The van der Waals surface area contributed by atoms with Crippen LogP contribution in [0.1, 0.15) is 30.4 Å². The monoisotopic (exact) mass is 400 g/mol. The molecule has 2 aromatic rings. The number of aryl methyl sites for hydroxylation is 1. The number of benzene rings is 2. The number of amides is 3. The number of nitrogens with zero attached hydrogens (tertiary/aromatic N) is 1. The number of fused-ring (bicyclic) bond motifs is 2. The number of carbonyl (C=O) groups excluding carboxylic acids is 2. The number of hydrogen-bond acceptors (Lipinski definition) is 3. The fraction of sp³-hybridized carbons (Fsp3) is 0.333. The van der Waals surface area contributed by atoms with E-state index in [0.717, 1.165) is 29.7 Å². The fourth-order valence-electron chi connectivity index (χ4n) is 3.96. The summed E-state index contributed by atoms with van der Waals surface area (Å²) in [4.78, 5) is 28.4. The lowest BCUT2D eigenvalue weighted by Crippen LogP contribution is -2.44. The van der Waals surface area contributed by atoms with Gasteiger partial charge in [0.2, 0.25) is 0 Å². The molecule has 1 fully saturated rings. The number of rotatable bonds is 4. The predicted molar refractivity (Wildman–Crippen MR) is 108 cm³/mol. The van der Waals surface area contributed by atoms with Crippen molar-refractivity contribution in [1.29, 1.82) is 0 Å². The van der Waals surface area contributed by atoms with E-state index in [1.807, 2.05) is 42.5 Å². The summed E-state index contributed by atoms with van der Waals surface area (Å²) in [6.07, 6.45) is 3.57. The molecule has 2 aliphatic rings. The molecule has 1 aliphatic heterocycles. The van der Waals surface area contributed by atoms with Crippen LogP contribution >= 0.6 is 23.4 Å². The first-order valence-corrected chi connectivity index (χ1v) is 10.6. The number of halogens is 1. The van der Waals surface area contributed by atoms with Gasteiger partial charge in [0.25, 0.3) is 5.91 Å². The molecule has 0 saturated carbocycles. The summed E-state index contributed by atoms with van der Waals surface area (Å²) in [5, 5.41) is 3.73. The smallest absolute Gasteiger partial charge is 0.319 e. The maximum absolute atomic E-state index is 13.3. The molecular weight excluding hydrogens is 380 g/mol. The predicted octanol–water partition coefficient (Wildman–Crippen LogP) is 4.61. The van der Waals surface area contributed by atoms with Crippen molar-refractivity contribution in [2.45, 2.75) is 36.1 Å². The van der Waals surface area contributed by atoms with Crippen LogP contribution in [0.5, 0.6) is 0 Å². The molecule has 1 heterocycles. The summed E-state index contributed by atoms with van der Waals surface area (Å²) in [5.74, 6) is 0.539. The van der Waals surface area contributed by atoms with E-state index in [9.17, 15) is 9.59 Å². The summed E-state index contributed by atoms with van der Waals surface area (Å²) in [6, 6.07) is 15.3. The summed E-state index contributed by atoms with van der Waals surface area (Å²) in [6.45, 7) is 0.391. The molecule has 2 aromatic carbocycles. The van der Waals surface area contributed by atoms with Gasteiger partial charge >= 0.3 is 6.03 Å². The van der Waals surface area contributed by atoms with Crippen LogP contribution in [-0.2, 0) is 16.8 Å². The molecule has 4 nitrogen and oxygen atoms in total. The van der Waals surface area contributed by atoms with Crippen LogP contribution in [0.4, 0.5) is 4.79 Å². The highest BCUT2D eigenvalue weighted by Crippen LogP contribution is 2.39. The number of nitrogens with one attached hydrogen (secondary N) is 1. The second-order valence-corrected chi connectivity index (χ2v) is 8.56. The summed E-state index contributed by atoms with van der Waals surface area (Å²) >= 11 is 7.52. The van der Waals surface area contributed by atoms with Crippen molar-refractivity contribution >= 4 is 35.3 Å². The Bertz CT molecular complexity index is 871. The van der Waals surface area contributed by atoms with Gasteiger partial charge in [-0.15, -0.1) is 11.8 Å². The molecule has 0 unspecified atom stereocenters. The van der Waals surface area contributed by atoms with Crippen molar-refractivity contribution < 1.29 is 9.59 Å². The van der Waals surface area contributed by atoms with Crippen LogP contribution in [0.3, 0.4) is 0 Å². The molecule has 0 aromatic heterocycles. The first kappa shape index (κ1) is 18.4. The Morgan fingerprint density at radius 2 is 1.85 bits per heavy atom. The third-order valence-corrected chi connectivity index (χ3v) is 6.54. The van der Waals surface area contributed by atoms with Crippen LogP contribution in [0.2, 0.25) is 5.02 Å². The summed E-state index contributed by atoms with van der Waals surface area (Å²) in [7, 11) is 0. The van der Waals surface area contributed by atoms with Gasteiger partial charge in [0.15, 0.2) is 0 Å². The maximum Gasteiger partial charge on any atom is 0.325 e. The zero-order chi connectivity index (χ0) is 18.9. The Kier molecular flexibility index (Phi) is 5.15. The van der Waals surface area contributed by atoms with E-state index in [1.54, 1.807) is 11.8 Å². The van der Waals surface area contributed by atoms with Crippen molar-refractivity contribution in [1.82, 2.24) is 10.2 Å². The number of imide groups is 1. The third-order valence-electron chi connectivity index (χ3n) is 5.30. The molecule has 0 radical (unpaired) electrons. The molecule has 0 bridgehead atoms. The van der Waals surface area contributed by atoms with Crippen molar-refractivity contribution in [3.05, 3.63) is 64.7 Å². The van der Waals surface area contributed by atoms with Crippen molar-refractivity contribution in [3.8, 4) is 0 Å². The lowest BCUT2D eigenvalue weighted by atomic mass is 9.84. The van der Waals surface area contributed by atoms with Gasteiger partial charge in [-0.2, -0.15) is 0 Å². The zero-order valence-electron chi connectivity index (χ0n) is 14.9. The molecule has 1 saturated heterocycles. The van der Waals surface area contributed by atoms with Crippen LogP contribution in [0, 0.1) is 0 Å². The molecule has 6 heteroatoms. The van der Waals surface area contributed by atoms with E-state index in [-0.39, 0.29) is 11.9 Å². The maximum atomic E-state index is 13.3. The molecule has 1 atom stereocenters. The molecule has 3 amide bonds. The van der Waals surface area contributed by atoms with E-state index in [1.165, 1.54) is 10.5 Å². The van der Waals surface area contributed by atoms with Gasteiger partial charge in [-0.25, -0.2) is 4.79 Å². The topological polar surface area (TPSA) is 49.4 Å². The molecule has 4 rings (SSSR count). The highest BCUT2D eigenvalue weighted by molar-refractivity contribution is 7.99. The number of carbonyl (C=O) groups is 2. The highest BCUT2D eigenvalue weighted by Gasteiger charge is 2.52. The Balaban J connectivity index is 1.51. The molecule has 140 valence electrons. The average molecular weight is 401 g/mol. The van der Waals surface area contributed by atoms with Crippen LogP contribution in [0.25, 0.3) is 0 Å². The van der Waals surface area contributed by atoms with E-state index >= 15 is 0 Å². The van der Waals surface area contributed by atoms with Crippen LogP contribution in [-0.4, -0.2) is 29.1 Å². The van der Waals surface area contributed by atoms with Crippen molar-refractivity contribution in [2.24, 2.45) is 0 Å². The summed E-state index contributed by atoms with van der Waals surface area (Å²) < 4.78 is 0. The van der Waals surface area contributed by atoms with Gasteiger partial charge in [0.05, 0.1) is 0 Å². The average Bonchev–Trinajstić information content (AvgIpc) is 2.82. The van der Waals surface area contributed by atoms with Gasteiger partial charge in [-0.3, -0.25) is 9.69 Å². The lowest BCUT2D eigenvalue weighted by Gasteiger charge is -2.27. The van der Waals surface area contributed by atoms with Gasteiger partial charge in [-0.05, 0) is 61.1 Å². The molecule has 1 spiro atoms. The first-order chi connectivity index (χ1) is 13.1. The molecular formula is C21H21ClN2O2S. The Labute approximate surface area is 168 Å². The Morgan fingerprint density at radius 3 is 2.67 bits per heavy atom. The van der Waals surface area contributed by atoms with Crippen molar-refractivity contribution in [3.63, 3.8) is 0 Å². The standard InChI is InChI=1S/C21H21ClN2O2S/c22-16-8-10-17(11-9-16)27-14-13-24-19(25)21(23-20(24)26)12-4-3-6-15-5-1-2-7-18(15)21/h1-2,5,7-11H,3-4,6,12-14H2,(H,23,26)/t21-/m0/s1. The Hall–Kier alpha value is -1.98. The van der Waals surface area contributed by atoms with E-state index in [2.05, 4.69) is 11.4 Å². The van der Waals surface area contributed by atoms with E-state index in [0.29, 0.717) is 23.7 Å². The van der Waals surface area contributed by atoms with Gasteiger partial charge < -0.3 is 5.32 Å². The number of hydrogen-bond donors (Lipinski definition) is 1. The van der Waals surface area contributed by atoms with E-state index < -0.39 is 5.54 Å². The normalized spacial score (nSPS) is 21.9. The lowest BCUT2D eigenvalue weighted by molar-refractivity contribution is -0.131. The third kappa shape index (κ3) is 3.46. The molecule has 27 heavy (non-hydrogen) atoms. The largest absolute Gasteiger partial charge is 0.325 e. The molecule has 1 aliphatic carbocycles. The number of urea groups is 1. The minimum absolute atomic E-state index is 0.112. The highest BCUT2D eigenvalue weighted by atomic mass is 35.5. The van der Waals surface area contributed by atoms with Gasteiger partial charge in [0, 0.05) is 22.2 Å².